The summed E-state index contributed by atoms with van der Waals surface area (Å²) in [6, 6.07) is 2.43. The van der Waals surface area contributed by atoms with Crippen molar-refractivity contribution in [2.24, 2.45) is 23.1 Å². The third kappa shape index (κ3) is 36.3. The zero-order valence-electron chi connectivity index (χ0n) is 75.8. The molecule has 7 rings (SSSR count). The van der Waals surface area contributed by atoms with E-state index in [2.05, 4.69) is 125 Å². The van der Waals surface area contributed by atoms with E-state index in [0.717, 1.165) is 13.8 Å². The number of phenolic OH excluding ortho intramolecular Hbond substituents is 1. The molecular weight excluding hydrogens is 1860 g/mol. The third-order valence-electron chi connectivity index (χ3n) is 21.5. The van der Waals surface area contributed by atoms with Crippen molar-refractivity contribution in [1.82, 2.24) is 99.7 Å². The summed E-state index contributed by atoms with van der Waals surface area (Å²) < 4.78 is 0. The van der Waals surface area contributed by atoms with Crippen molar-refractivity contribution < 1.29 is 126 Å². The fourth-order valence-corrected chi connectivity index (χ4v) is 14.9. The van der Waals surface area contributed by atoms with Gasteiger partial charge in [-0.05, 0) is 85.0 Å². The lowest BCUT2D eigenvalue weighted by molar-refractivity contribution is -0.141. The number of imidazole rings is 1. The first-order chi connectivity index (χ1) is 65.9. The number of aliphatic hydroxyl groups excluding tert-OH is 1. The summed E-state index contributed by atoms with van der Waals surface area (Å²) in [5, 5.41) is 87.2. The molecule has 3 aromatic heterocycles. The molecule has 7 aromatic rings. The second-order valence-electron chi connectivity index (χ2n) is 33.0. The number of aromatic amines is 3. The first-order valence-corrected chi connectivity index (χ1v) is 44.9. The summed E-state index contributed by atoms with van der Waals surface area (Å²) in [5.41, 5.74) is 19.6. The number of hydrogen-bond acceptors (Lipinski definition) is 26. The molecule has 15 atom stereocenters. The average molecular weight is 1970 g/mol. The Balaban J connectivity index is 1.13. The normalized spacial score (nSPS) is 14.4. The number of thiol groups is 2. The monoisotopic (exact) mass is 1970 g/mol. The number of nitrogens with zero attached hydrogens (tertiary/aromatic N) is 1. The summed E-state index contributed by atoms with van der Waals surface area (Å²) >= 11 is 8.54. The molecule has 48 nitrogen and oxygen atoms in total. The molecule has 0 aliphatic rings. The molecule has 18 amide bonds. The molecular formula is C89H114N22O26S2. The number of rotatable bonds is 58. The SMILES string of the molecule is CC(=O)N[C@@H](CS)C(=O)N[C@@H](Cc1cnc[nH]1)C(=O)N[C@H](C(=O)N[C@@H](Cc1c[nH]c2ccccc12)C(=O)N[C@@H](CCC(N)=O)C(=O)N[C@@H](CS)C(=O)N[C@@H](Cc1ccc(O)cc1)C(=O)N[C@@H](Cc1c[nH]c2ccccc12)C(=O)N[C@@H](CC(C)C)C(=O)N[C@@H](CC(N)=O)C(=O)N[C@@H](Cc1ccccc1)C(=O)NCC(=O)N[C@@H](CC(=O)O)C(=O)N[C@@H](CCC(=O)O)C(=O)N[C@@H](CCC(=O)O)C(N)=O)[C@@H](C)O. The Morgan fingerprint density at radius 1 is 0.381 bits per heavy atom. The topological polar surface area (TPSA) is 778 Å². The van der Waals surface area contributed by atoms with Crippen molar-refractivity contribution in [1.29, 1.82) is 0 Å². The zero-order valence-corrected chi connectivity index (χ0v) is 77.6. The van der Waals surface area contributed by atoms with Gasteiger partial charge in [-0.2, -0.15) is 25.3 Å². The smallest absolute Gasteiger partial charge is 0.305 e. The first-order valence-electron chi connectivity index (χ1n) is 43.7. The molecule has 3 heterocycles. The molecule has 29 N–H and O–H groups in total. The number of primary amides is 3. The van der Waals surface area contributed by atoms with Crippen LogP contribution in [0.5, 0.6) is 5.75 Å². The van der Waals surface area contributed by atoms with Crippen LogP contribution in [0, 0.1) is 5.92 Å². The maximum atomic E-state index is 15.4. The molecule has 0 radical (unpaired) electrons. The Hall–Kier alpha value is -15.5. The minimum Gasteiger partial charge on any atom is -0.508 e. The summed E-state index contributed by atoms with van der Waals surface area (Å²) in [6.07, 6.45) is -4.08. The number of nitrogens with two attached hydrogens (primary N) is 3. The minimum atomic E-state index is -2.07. The van der Waals surface area contributed by atoms with Gasteiger partial charge in [0, 0.05) is 116 Å². The van der Waals surface area contributed by atoms with Gasteiger partial charge in [0.25, 0.3) is 0 Å². The van der Waals surface area contributed by atoms with Crippen LogP contribution in [0.1, 0.15) is 113 Å². The second-order valence-corrected chi connectivity index (χ2v) is 33.7. The van der Waals surface area contributed by atoms with Crippen LogP contribution in [-0.4, -0.2) is 278 Å². The lowest BCUT2D eigenvalue weighted by Gasteiger charge is -2.29. The number of fused-ring (bicyclic) bond motifs is 2. The molecule has 0 spiro atoms. The number of phenols is 1. The quantitative estimate of drug-likeness (QED) is 0.0158. The fourth-order valence-electron chi connectivity index (χ4n) is 14.4. The number of aliphatic hydroxyl groups is 1. The van der Waals surface area contributed by atoms with Gasteiger partial charge in [0.15, 0.2) is 0 Å². The van der Waals surface area contributed by atoms with Gasteiger partial charge in [0.05, 0.1) is 31.8 Å². The number of amides is 18. The van der Waals surface area contributed by atoms with Crippen molar-refractivity contribution in [3.63, 3.8) is 0 Å². The molecule has 50 heteroatoms. The Labute approximate surface area is 804 Å². The molecule has 0 bridgehead atoms. The largest absolute Gasteiger partial charge is 0.508 e. The van der Waals surface area contributed by atoms with E-state index in [1.807, 2.05) is 0 Å². The first kappa shape index (κ1) is 111. The number of hydrogen-bond donors (Lipinski definition) is 28. The number of H-pyrrole nitrogens is 3. The molecule has 4 aromatic carbocycles. The molecule has 0 fully saturated rings. The highest BCUT2D eigenvalue weighted by Gasteiger charge is 2.40. The number of carboxylic acid groups (broad SMARTS) is 3. The van der Waals surface area contributed by atoms with Crippen LogP contribution in [0.15, 0.2) is 128 Å². The van der Waals surface area contributed by atoms with E-state index in [0.29, 0.717) is 44.2 Å². The Kier molecular flexibility index (Phi) is 43.2. The average Bonchev–Trinajstić information content (AvgIpc) is 1.70. The Morgan fingerprint density at radius 2 is 0.770 bits per heavy atom. The van der Waals surface area contributed by atoms with Gasteiger partial charge in [0.1, 0.15) is 90.3 Å². The van der Waals surface area contributed by atoms with E-state index >= 15 is 14.4 Å². The lowest BCUT2D eigenvalue weighted by Crippen LogP contribution is -2.62. The molecule has 748 valence electrons. The van der Waals surface area contributed by atoms with Crippen molar-refractivity contribution in [3.8, 4) is 5.75 Å². The van der Waals surface area contributed by atoms with Crippen LogP contribution in [0.25, 0.3) is 21.8 Å². The highest BCUT2D eigenvalue weighted by Crippen LogP contribution is 2.23. The molecule has 0 saturated carbocycles. The van der Waals surface area contributed by atoms with Crippen molar-refractivity contribution >= 4 is 171 Å². The highest BCUT2D eigenvalue weighted by atomic mass is 32.1. The van der Waals surface area contributed by atoms with Crippen molar-refractivity contribution in [3.05, 3.63) is 156 Å². The molecule has 0 saturated heterocycles. The number of carbonyl (C=O) groups is 21. The number of benzene rings is 4. The second kappa shape index (κ2) is 54.3. The Bertz CT molecular complexity index is 5570. The minimum absolute atomic E-state index is 0.202. The summed E-state index contributed by atoms with van der Waals surface area (Å²) in [4.78, 5) is 300. The fraction of sp³-hybridized carbons (Fsp3) is 0.416. The van der Waals surface area contributed by atoms with Gasteiger partial charge in [-0.3, -0.25) is 101 Å². The van der Waals surface area contributed by atoms with Crippen molar-refractivity contribution in [2.45, 2.75) is 208 Å². The number of aromatic nitrogens is 4. The number of aliphatic carboxylic acids is 3. The van der Waals surface area contributed by atoms with Crippen LogP contribution < -0.4 is 97.0 Å². The standard InChI is InChI=1S/C89H114N22O26S2/c1-43(2)28-59(80(128)108-65(34-70(91)116)84(132)104-60(29-46-12-6-5-7-13-46)77(125)96-39-71(117)99-66(35-74(122)123)85(133)102-58(24-27-73(120)121)78(126)100-56(76(92)124)23-26-72(118)119)103-83(131)62(31-48-36-94-54-16-10-8-14-52(48)54)106-81(129)61(30-47-18-20-51(114)21-19-47)105-88(136)68(41-139)110-79(127)57(22-25-69(90)115)101-82(130)63(32-49-37-95-55-17-11-9-15-53(49)55)109-89(137)75(44(3)112)111-86(134)64(33-50-38-93-42-97-50)107-87(135)67(40-138)98-45(4)113/h5-21,36-38,42-44,56-68,75,94-95,112,114,138-139H,22-35,39-41H2,1-4H3,(H2,90,115)(H2,91,116)(H2,92,124)(H,93,97)(H,96,125)(H,98,113)(H,99,117)(H,100,126)(H,101,130)(H,102,133)(H,103,131)(H,104,132)(H,105,136)(H,106,129)(H,107,135)(H,108,128)(H,109,137)(H,110,127)(H,111,134)(H,118,119)(H,120,121)(H,122,123)/t44-,56+,57+,58+,59+,60+,61+,62+,63+,64+,65+,66+,67+,68+,75+/m1/s1. The van der Waals surface area contributed by atoms with Crippen LogP contribution in [-0.2, 0) is 133 Å². The van der Waals surface area contributed by atoms with Crippen LogP contribution >= 0.6 is 25.3 Å². The van der Waals surface area contributed by atoms with E-state index in [1.54, 1.807) is 80.6 Å². The maximum Gasteiger partial charge on any atom is 0.305 e. The maximum absolute atomic E-state index is 15.4. The van der Waals surface area contributed by atoms with E-state index in [1.165, 1.54) is 61.3 Å². The van der Waals surface area contributed by atoms with E-state index < -0.39 is 291 Å². The van der Waals surface area contributed by atoms with Gasteiger partial charge < -0.3 is 137 Å². The molecule has 0 unspecified atom stereocenters. The number of carboxylic acids is 3. The summed E-state index contributed by atoms with van der Waals surface area (Å²) in [7, 11) is 0. The van der Waals surface area contributed by atoms with Crippen molar-refractivity contribution in [2.75, 3.05) is 18.1 Å². The molecule has 0 aliphatic heterocycles. The summed E-state index contributed by atoms with van der Waals surface area (Å²) in [6.45, 7) is 4.52. The number of aromatic hydroxyl groups is 1. The zero-order chi connectivity index (χ0) is 102. The van der Waals surface area contributed by atoms with Gasteiger partial charge in [-0.15, -0.1) is 0 Å². The van der Waals surface area contributed by atoms with Crippen LogP contribution in [0.4, 0.5) is 0 Å². The van der Waals surface area contributed by atoms with Gasteiger partial charge in [0.2, 0.25) is 106 Å². The van der Waals surface area contributed by atoms with E-state index in [9.17, 15) is 107 Å². The van der Waals surface area contributed by atoms with Gasteiger partial charge in [-0.1, -0.05) is 92.7 Å². The van der Waals surface area contributed by atoms with E-state index in [4.69, 9.17) is 22.3 Å². The Morgan fingerprint density at radius 3 is 1.23 bits per heavy atom. The number of para-hydroxylation sites is 2. The molecule has 0 aliphatic carbocycles. The highest BCUT2D eigenvalue weighted by molar-refractivity contribution is 7.80. The third-order valence-corrected chi connectivity index (χ3v) is 22.2. The molecule has 139 heavy (non-hydrogen) atoms. The van der Waals surface area contributed by atoms with Crippen LogP contribution in [0.3, 0.4) is 0 Å². The summed E-state index contributed by atoms with van der Waals surface area (Å²) in [5.74, 6) is -26.1. The van der Waals surface area contributed by atoms with Crippen LogP contribution in [0.2, 0.25) is 0 Å². The predicted molar refractivity (Wildman–Crippen MR) is 500 cm³/mol. The van der Waals surface area contributed by atoms with Gasteiger partial charge in [-0.25, -0.2) is 4.98 Å². The number of nitrogens with one attached hydrogen (secondary N) is 18. The number of carbonyl (C=O) groups excluding carboxylic acids is 18. The van der Waals surface area contributed by atoms with Gasteiger partial charge >= 0.3 is 17.9 Å². The van der Waals surface area contributed by atoms with E-state index in [-0.39, 0.29) is 49.2 Å². The predicted octanol–water partition coefficient (Wildman–Crippen LogP) is -5.37. The lowest BCUT2D eigenvalue weighted by atomic mass is 9.99.